The molecule has 5 aromatic rings. The van der Waals surface area contributed by atoms with Gasteiger partial charge in [-0.25, -0.2) is 13.8 Å². The highest BCUT2D eigenvalue weighted by molar-refractivity contribution is 5.98. The number of hydrogen-bond donors (Lipinski definition) is 0. The molecule has 0 spiro atoms. The van der Waals surface area contributed by atoms with Gasteiger partial charge in [0.2, 0.25) is 0 Å². The van der Waals surface area contributed by atoms with Gasteiger partial charge in [-0.3, -0.25) is 14.6 Å². The maximum Gasteiger partial charge on any atom is 0.257 e. The van der Waals surface area contributed by atoms with Crippen molar-refractivity contribution in [3.8, 4) is 34.3 Å². The van der Waals surface area contributed by atoms with Gasteiger partial charge in [0.15, 0.2) is 34.3 Å². The van der Waals surface area contributed by atoms with Crippen LogP contribution >= 0.6 is 0 Å². The molecule has 6 rings (SSSR count). The molecule has 0 bridgehead atoms. The van der Waals surface area contributed by atoms with Crippen molar-refractivity contribution in [2.75, 3.05) is 27.4 Å². The van der Waals surface area contributed by atoms with Gasteiger partial charge in [-0.15, -0.1) is 0 Å². The van der Waals surface area contributed by atoms with Crippen LogP contribution in [-0.2, 0) is 11.2 Å². The summed E-state index contributed by atoms with van der Waals surface area (Å²) < 4.78 is 52.2. The van der Waals surface area contributed by atoms with E-state index < -0.39 is 22.8 Å². The van der Waals surface area contributed by atoms with Crippen LogP contribution in [-0.4, -0.2) is 47.8 Å². The normalized spacial score (nSPS) is 13.0. The highest BCUT2D eigenvalue weighted by Crippen LogP contribution is 2.35. The van der Waals surface area contributed by atoms with Gasteiger partial charge in [-0.05, 0) is 35.4 Å². The van der Waals surface area contributed by atoms with Gasteiger partial charge >= 0.3 is 0 Å². The molecule has 9 nitrogen and oxygen atoms in total. The molecule has 218 valence electrons. The lowest BCUT2D eigenvalue weighted by molar-refractivity contribution is -0.0235. The van der Waals surface area contributed by atoms with Crippen molar-refractivity contribution in [3.63, 3.8) is 0 Å². The summed E-state index contributed by atoms with van der Waals surface area (Å²) in [7, 11) is 2.93. The zero-order chi connectivity index (χ0) is 30.1. The Morgan fingerprint density at radius 3 is 2.44 bits per heavy atom. The lowest BCUT2D eigenvalue weighted by Crippen LogP contribution is -2.32. The number of fused-ring (bicyclic) bond motifs is 1. The summed E-state index contributed by atoms with van der Waals surface area (Å²) in [5.41, 5.74) is 1.36. The number of carbonyl (C=O) groups is 1. The molecule has 1 fully saturated rings. The SMILES string of the molecule is COc1cc2nccc(Oc3ccc(CC(=O)c4cn(C5COC5)cc(-c5ccc(F)cc5)c4=O)cc3F)c2nc1OC. The lowest BCUT2D eigenvalue weighted by atomic mass is 9.99. The van der Waals surface area contributed by atoms with Crippen LogP contribution in [0.25, 0.3) is 22.2 Å². The van der Waals surface area contributed by atoms with Gasteiger partial charge in [0.25, 0.3) is 5.88 Å². The first-order valence-corrected chi connectivity index (χ1v) is 13.3. The third-order valence-electron chi connectivity index (χ3n) is 7.14. The van der Waals surface area contributed by atoms with Gasteiger partial charge in [-0.1, -0.05) is 18.2 Å². The number of aromatic nitrogens is 3. The number of nitrogens with zero attached hydrogens (tertiary/aromatic N) is 3. The smallest absolute Gasteiger partial charge is 0.257 e. The molecule has 1 aliphatic rings. The predicted molar refractivity (Wildman–Crippen MR) is 153 cm³/mol. The quantitative estimate of drug-likeness (QED) is 0.208. The van der Waals surface area contributed by atoms with Crippen molar-refractivity contribution >= 4 is 16.8 Å². The summed E-state index contributed by atoms with van der Waals surface area (Å²) >= 11 is 0. The van der Waals surface area contributed by atoms with Crippen molar-refractivity contribution < 1.29 is 32.5 Å². The van der Waals surface area contributed by atoms with Crippen LogP contribution < -0.4 is 19.6 Å². The Labute approximate surface area is 244 Å². The number of carbonyl (C=O) groups excluding carboxylic acids is 1. The van der Waals surface area contributed by atoms with Crippen LogP contribution in [0, 0.1) is 11.6 Å². The fraction of sp³-hybridized carbons (Fsp3) is 0.188. The number of halogens is 2. The summed E-state index contributed by atoms with van der Waals surface area (Å²) in [5, 5.41) is 0. The van der Waals surface area contributed by atoms with Crippen molar-refractivity contribution in [1.82, 2.24) is 14.5 Å². The highest BCUT2D eigenvalue weighted by Gasteiger charge is 2.24. The second-order valence-electron chi connectivity index (χ2n) is 9.90. The Morgan fingerprint density at radius 2 is 1.77 bits per heavy atom. The van der Waals surface area contributed by atoms with Crippen LogP contribution in [0.15, 0.2) is 78.0 Å². The molecule has 1 saturated heterocycles. The number of rotatable bonds is 9. The van der Waals surface area contributed by atoms with Crippen LogP contribution in [0.5, 0.6) is 23.1 Å². The molecular formula is C32H25F2N3O6. The number of ether oxygens (including phenoxy) is 4. The zero-order valence-electron chi connectivity index (χ0n) is 23.2. The minimum Gasteiger partial charge on any atom is -0.491 e. The zero-order valence-corrected chi connectivity index (χ0v) is 23.2. The van der Waals surface area contributed by atoms with E-state index in [1.807, 2.05) is 0 Å². The average molecular weight is 586 g/mol. The third kappa shape index (κ3) is 5.54. The Morgan fingerprint density at radius 1 is 0.977 bits per heavy atom. The molecule has 3 aromatic heterocycles. The number of Topliss-reactive ketones (excluding diaryl/α,β-unsaturated/α-hetero) is 1. The molecule has 2 aromatic carbocycles. The molecule has 0 amide bonds. The van der Waals surface area contributed by atoms with E-state index in [0.29, 0.717) is 41.1 Å². The van der Waals surface area contributed by atoms with E-state index in [1.165, 1.54) is 63.0 Å². The molecule has 11 heteroatoms. The Bertz CT molecular complexity index is 1910. The van der Waals surface area contributed by atoms with E-state index in [-0.39, 0.29) is 41.0 Å². The molecule has 1 aliphatic heterocycles. The van der Waals surface area contributed by atoms with Crippen molar-refractivity contribution in [3.05, 3.63) is 106 Å². The maximum atomic E-state index is 15.2. The van der Waals surface area contributed by atoms with Gasteiger partial charge in [0.05, 0.1) is 44.6 Å². The molecule has 0 radical (unpaired) electrons. The number of pyridine rings is 3. The van der Waals surface area contributed by atoms with Gasteiger partial charge in [0, 0.05) is 42.7 Å². The average Bonchev–Trinajstić information content (AvgIpc) is 2.98. The summed E-state index contributed by atoms with van der Waals surface area (Å²) in [4.78, 5) is 35.5. The minimum absolute atomic E-state index is 0.0416. The molecule has 4 heterocycles. The maximum absolute atomic E-state index is 15.2. The first kappa shape index (κ1) is 28.0. The molecule has 0 unspecified atom stereocenters. The second kappa shape index (κ2) is 11.6. The van der Waals surface area contributed by atoms with E-state index in [0.717, 1.165) is 0 Å². The van der Waals surface area contributed by atoms with E-state index in [1.54, 1.807) is 29.0 Å². The summed E-state index contributed by atoms with van der Waals surface area (Å²) in [5.74, 6) is -0.879. The number of ketones is 1. The fourth-order valence-electron chi connectivity index (χ4n) is 4.76. The van der Waals surface area contributed by atoms with E-state index >= 15 is 4.39 Å². The number of methoxy groups -OCH3 is 2. The standard InChI is InChI=1S/C32H25F2N3O6/c1-40-29-13-25-30(36-32(29)41-2)28(9-10-35-25)43-27-8-3-18(11-24(27)34)12-26(38)23-15-37(21-16-42-17-21)14-22(31(23)39)19-4-6-20(33)7-5-19/h3-11,13-15,21H,12,16-17H2,1-2H3. The summed E-state index contributed by atoms with van der Waals surface area (Å²) in [6, 6.07) is 12.8. The fourth-order valence-corrected chi connectivity index (χ4v) is 4.76. The summed E-state index contributed by atoms with van der Waals surface area (Å²) in [6.45, 7) is 0.878. The molecular weight excluding hydrogens is 560 g/mol. The molecule has 0 aliphatic carbocycles. The Balaban J connectivity index is 1.28. The number of hydrogen-bond acceptors (Lipinski definition) is 8. The van der Waals surface area contributed by atoms with Crippen LogP contribution in [0.1, 0.15) is 22.0 Å². The topological polar surface area (TPSA) is 102 Å². The first-order valence-electron chi connectivity index (χ1n) is 13.3. The minimum atomic E-state index is -0.708. The van der Waals surface area contributed by atoms with Gasteiger partial charge in [-0.2, -0.15) is 0 Å². The Kier molecular flexibility index (Phi) is 7.56. The van der Waals surface area contributed by atoms with Crippen molar-refractivity contribution in [1.29, 1.82) is 0 Å². The van der Waals surface area contributed by atoms with Crippen LogP contribution in [0.3, 0.4) is 0 Å². The second-order valence-corrected chi connectivity index (χ2v) is 9.90. The molecule has 0 N–H and O–H groups in total. The van der Waals surface area contributed by atoms with Gasteiger partial charge in [0.1, 0.15) is 11.3 Å². The number of benzene rings is 2. The van der Waals surface area contributed by atoms with E-state index in [2.05, 4.69) is 9.97 Å². The molecule has 0 saturated carbocycles. The Hall–Kier alpha value is -5.16. The predicted octanol–water partition coefficient (Wildman–Crippen LogP) is 5.54. The van der Waals surface area contributed by atoms with Crippen LogP contribution in [0.4, 0.5) is 8.78 Å². The third-order valence-corrected chi connectivity index (χ3v) is 7.14. The van der Waals surface area contributed by atoms with Crippen molar-refractivity contribution in [2.24, 2.45) is 0 Å². The summed E-state index contributed by atoms with van der Waals surface area (Å²) in [6.07, 6.45) is 4.42. The van der Waals surface area contributed by atoms with E-state index in [9.17, 15) is 14.0 Å². The van der Waals surface area contributed by atoms with Crippen LogP contribution in [0.2, 0.25) is 0 Å². The highest BCUT2D eigenvalue weighted by atomic mass is 19.1. The molecule has 43 heavy (non-hydrogen) atoms. The first-order chi connectivity index (χ1) is 20.8. The van der Waals surface area contributed by atoms with Gasteiger partial charge < -0.3 is 23.5 Å². The van der Waals surface area contributed by atoms with E-state index in [4.69, 9.17) is 18.9 Å². The monoisotopic (exact) mass is 585 g/mol. The van der Waals surface area contributed by atoms with Crippen molar-refractivity contribution in [2.45, 2.75) is 12.5 Å². The largest absolute Gasteiger partial charge is 0.491 e. The molecule has 0 atom stereocenters. The lowest BCUT2D eigenvalue weighted by Gasteiger charge is -2.29.